The molecule has 1 aromatic heterocycles. The molecule has 10 heteroatoms. The summed E-state index contributed by atoms with van der Waals surface area (Å²) < 4.78 is 27.0. The van der Waals surface area contributed by atoms with Crippen LogP contribution >= 0.6 is 23.2 Å². The third-order valence-corrected chi connectivity index (χ3v) is 6.60. The minimum Gasteiger partial charge on any atom is -0.330 e. The molecule has 0 bridgehead atoms. The van der Waals surface area contributed by atoms with Crippen LogP contribution in [0.2, 0.25) is 10.0 Å². The van der Waals surface area contributed by atoms with Gasteiger partial charge in [0.2, 0.25) is 5.91 Å². The van der Waals surface area contributed by atoms with Crippen LogP contribution in [0.3, 0.4) is 0 Å². The Morgan fingerprint density at radius 3 is 2.35 bits per heavy atom. The molecule has 0 saturated carbocycles. The number of anilines is 1. The van der Waals surface area contributed by atoms with Crippen LogP contribution < -0.4 is 16.4 Å². The Hall–Kier alpha value is -2.65. The molecule has 1 saturated heterocycles. The molecule has 0 aliphatic carbocycles. The minimum atomic E-state index is -0.663. The maximum Gasteiger partial charge on any atom is 0.242 e. The normalized spacial score (nSPS) is 21.2. The van der Waals surface area contributed by atoms with E-state index < -0.39 is 17.8 Å². The van der Waals surface area contributed by atoms with E-state index in [4.69, 9.17) is 28.9 Å². The van der Waals surface area contributed by atoms with Gasteiger partial charge < -0.3 is 16.4 Å². The average molecular weight is 550 g/mol. The zero-order valence-electron chi connectivity index (χ0n) is 20.9. The van der Waals surface area contributed by atoms with Crippen molar-refractivity contribution in [3.63, 3.8) is 0 Å². The molecule has 3 unspecified atom stereocenters. The van der Waals surface area contributed by atoms with Crippen molar-refractivity contribution in [2.75, 3.05) is 11.9 Å². The lowest BCUT2D eigenvalue weighted by Crippen LogP contribution is -2.42. The van der Waals surface area contributed by atoms with Crippen molar-refractivity contribution in [1.82, 2.24) is 15.3 Å². The predicted octanol–water partition coefficient (Wildman–Crippen LogP) is 5.82. The second-order valence-corrected chi connectivity index (χ2v) is 11.0. The summed E-state index contributed by atoms with van der Waals surface area (Å²) >= 11 is 11.4. The Morgan fingerprint density at radius 2 is 1.78 bits per heavy atom. The van der Waals surface area contributed by atoms with Crippen molar-refractivity contribution in [2.45, 2.75) is 45.2 Å². The van der Waals surface area contributed by atoms with Gasteiger partial charge in [-0.3, -0.25) is 4.79 Å². The first-order valence-corrected chi connectivity index (χ1v) is 12.6. The van der Waals surface area contributed by atoms with Crippen LogP contribution in [0.1, 0.15) is 38.7 Å². The van der Waals surface area contributed by atoms with E-state index in [1.54, 1.807) is 24.3 Å². The molecule has 198 valence electrons. The van der Waals surface area contributed by atoms with Crippen LogP contribution in [0.25, 0.3) is 0 Å². The van der Waals surface area contributed by atoms with Gasteiger partial charge in [-0.1, -0.05) is 62.2 Å². The van der Waals surface area contributed by atoms with Crippen LogP contribution in [-0.2, 0) is 4.79 Å². The smallest absolute Gasteiger partial charge is 0.242 e. The zero-order valence-corrected chi connectivity index (χ0v) is 22.4. The molecule has 2 heterocycles. The highest BCUT2D eigenvalue weighted by molar-refractivity contribution is 6.31. The molecular formula is C27H31Cl2F2N5O. The summed E-state index contributed by atoms with van der Waals surface area (Å²) in [6.45, 7) is 6.71. The van der Waals surface area contributed by atoms with Crippen molar-refractivity contribution < 1.29 is 13.6 Å². The van der Waals surface area contributed by atoms with Crippen molar-refractivity contribution in [3.8, 4) is 0 Å². The van der Waals surface area contributed by atoms with Gasteiger partial charge in [0, 0.05) is 17.0 Å². The fourth-order valence-corrected chi connectivity index (χ4v) is 4.97. The summed E-state index contributed by atoms with van der Waals surface area (Å²) in [5.41, 5.74) is 7.03. The minimum absolute atomic E-state index is 0.0150. The number of nitrogens with one attached hydrogen (secondary N) is 2. The van der Waals surface area contributed by atoms with Gasteiger partial charge in [-0.05, 0) is 54.1 Å². The van der Waals surface area contributed by atoms with E-state index in [9.17, 15) is 13.6 Å². The molecule has 4 N–H and O–H groups in total. The number of nitrogens with two attached hydrogens (primary N) is 1. The average Bonchev–Trinajstić information content (AvgIpc) is 3.18. The van der Waals surface area contributed by atoms with E-state index in [2.05, 4.69) is 41.4 Å². The van der Waals surface area contributed by atoms with Crippen molar-refractivity contribution in [2.24, 2.45) is 17.1 Å². The van der Waals surface area contributed by atoms with Crippen LogP contribution in [0, 0.1) is 23.0 Å². The summed E-state index contributed by atoms with van der Waals surface area (Å²) in [5, 5.41) is 6.71. The Morgan fingerprint density at radius 1 is 1.11 bits per heavy atom. The van der Waals surface area contributed by atoms with E-state index in [1.807, 2.05) is 0 Å². The maximum atomic E-state index is 14.9. The van der Waals surface area contributed by atoms with Gasteiger partial charge in [0.25, 0.3) is 0 Å². The lowest BCUT2D eigenvalue weighted by molar-refractivity contribution is -0.118. The number of halogens is 4. The number of aromatic nitrogens is 2. The van der Waals surface area contributed by atoms with E-state index in [1.165, 1.54) is 36.9 Å². The van der Waals surface area contributed by atoms with Gasteiger partial charge in [0.15, 0.2) is 0 Å². The van der Waals surface area contributed by atoms with Gasteiger partial charge in [-0.25, -0.2) is 18.7 Å². The standard InChI is InChI=1S/C21H27ClFN5O.C6H4ClF/c1-21(2,3)7-16-14(8-24)17(13-5-4-6-15(22)18(13)23)19(28-16)20(29)27-12-9-25-11-26-10-12;7-5-2-1-3-6(8)4-5/h4-6,9-11,14,16-17,19,28H,7-8,24H2,1-3H3,(H,27,29);1-4H/t14?,16?,17?,19-;/m1./s1. The fraction of sp³-hybridized carbons (Fsp3) is 0.370. The molecule has 4 rings (SSSR count). The Kier molecular flexibility index (Phi) is 9.95. The van der Waals surface area contributed by atoms with E-state index in [0.717, 1.165) is 6.42 Å². The number of carbonyl (C=O) groups excluding carboxylic acids is 1. The highest BCUT2D eigenvalue weighted by atomic mass is 35.5. The molecule has 6 nitrogen and oxygen atoms in total. The van der Waals surface area contributed by atoms with Crippen LogP contribution in [0.5, 0.6) is 0 Å². The lowest BCUT2D eigenvalue weighted by atomic mass is 9.77. The maximum absolute atomic E-state index is 14.9. The zero-order chi connectivity index (χ0) is 27.2. The quantitative estimate of drug-likeness (QED) is 0.372. The number of carbonyl (C=O) groups is 1. The number of hydrogen-bond donors (Lipinski definition) is 3. The molecule has 3 aromatic rings. The van der Waals surface area contributed by atoms with E-state index in [-0.39, 0.29) is 34.1 Å². The van der Waals surface area contributed by atoms with Gasteiger partial charge >= 0.3 is 0 Å². The monoisotopic (exact) mass is 549 g/mol. The second kappa shape index (κ2) is 12.7. The first-order chi connectivity index (χ1) is 17.5. The molecule has 1 aliphatic heterocycles. The molecule has 1 fully saturated rings. The molecule has 1 amide bonds. The molecule has 4 atom stereocenters. The van der Waals surface area contributed by atoms with Gasteiger partial charge in [-0.15, -0.1) is 0 Å². The molecule has 0 spiro atoms. The van der Waals surface area contributed by atoms with E-state index in [0.29, 0.717) is 22.8 Å². The summed E-state index contributed by atoms with van der Waals surface area (Å²) in [5.74, 6) is -1.64. The Bertz CT molecular complexity index is 1180. The van der Waals surface area contributed by atoms with Crippen molar-refractivity contribution in [3.05, 3.63) is 88.4 Å². The summed E-state index contributed by atoms with van der Waals surface area (Å²) in [6.07, 6.45) is 5.22. The third kappa shape index (κ3) is 7.92. The topological polar surface area (TPSA) is 92.9 Å². The van der Waals surface area contributed by atoms with Crippen LogP contribution in [0.15, 0.2) is 61.2 Å². The second-order valence-electron chi connectivity index (χ2n) is 10.1. The number of rotatable bonds is 5. The highest BCUT2D eigenvalue weighted by Crippen LogP contribution is 2.42. The van der Waals surface area contributed by atoms with Crippen LogP contribution in [-0.4, -0.2) is 34.5 Å². The number of benzene rings is 2. The van der Waals surface area contributed by atoms with E-state index >= 15 is 0 Å². The van der Waals surface area contributed by atoms with Crippen LogP contribution in [0.4, 0.5) is 14.5 Å². The molecule has 0 radical (unpaired) electrons. The molecular weight excluding hydrogens is 519 g/mol. The molecule has 37 heavy (non-hydrogen) atoms. The van der Waals surface area contributed by atoms with Crippen molar-refractivity contribution in [1.29, 1.82) is 0 Å². The van der Waals surface area contributed by atoms with Gasteiger partial charge in [-0.2, -0.15) is 0 Å². The lowest BCUT2D eigenvalue weighted by Gasteiger charge is -2.29. The Labute approximate surface area is 226 Å². The van der Waals surface area contributed by atoms with Gasteiger partial charge in [0.1, 0.15) is 18.0 Å². The molecule has 2 aromatic carbocycles. The SMILES string of the molecule is CC(C)(C)CC1N[C@@H](C(=O)Nc2cncnc2)C(c2cccc(Cl)c2F)C1CN.Fc1cccc(Cl)c1. The highest BCUT2D eigenvalue weighted by Gasteiger charge is 2.48. The fourth-order valence-electron chi connectivity index (χ4n) is 4.61. The third-order valence-electron chi connectivity index (χ3n) is 6.07. The summed E-state index contributed by atoms with van der Waals surface area (Å²) in [6, 6.07) is 10.0. The first-order valence-electron chi connectivity index (χ1n) is 11.9. The predicted molar refractivity (Wildman–Crippen MR) is 144 cm³/mol. The number of amides is 1. The van der Waals surface area contributed by atoms with Crippen molar-refractivity contribution >= 4 is 34.8 Å². The molecule has 1 aliphatic rings. The summed E-state index contributed by atoms with van der Waals surface area (Å²) in [4.78, 5) is 21.0. The first kappa shape index (κ1) is 28.9. The number of nitrogens with zero attached hydrogens (tertiary/aromatic N) is 2. The number of hydrogen-bond acceptors (Lipinski definition) is 5. The largest absolute Gasteiger partial charge is 0.330 e. The summed E-state index contributed by atoms with van der Waals surface area (Å²) in [7, 11) is 0. The van der Waals surface area contributed by atoms with Gasteiger partial charge in [0.05, 0.1) is 29.1 Å². The Balaban J connectivity index is 0.000000405.